The Kier molecular flexibility index (Phi) is 5.67. The molecule has 0 saturated heterocycles. The second kappa shape index (κ2) is 7.06. The van der Waals surface area contributed by atoms with E-state index in [-0.39, 0.29) is 18.8 Å². The Bertz CT molecular complexity index is 625. The molecule has 1 aromatic rings. The molecule has 0 aliphatic heterocycles. The highest BCUT2D eigenvalue weighted by Gasteiger charge is 2.35. The fourth-order valence-electron chi connectivity index (χ4n) is 1.80. The molecular formula is C14H16F3N3O2. The summed E-state index contributed by atoms with van der Waals surface area (Å²) in [6.45, 7) is 8.10. The van der Waals surface area contributed by atoms with Crippen molar-refractivity contribution in [1.29, 1.82) is 0 Å². The minimum absolute atomic E-state index is 0.00119. The van der Waals surface area contributed by atoms with Gasteiger partial charge in [0.15, 0.2) is 0 Å². The number of carbonyl (C=O) groups excluding carboxylic acids is 1. The maximum atomic E-state index is 12.8. The van der Waals surface area contributed by atoms with Crippen LogP contribution < -0.4 is 5.56 Å². The topological polar surface area (TPSA) is 55.2 Å². The van der Waals surface area contributed by atoms with E-state index in [9.17, 15) is 22.8 Å². The highest BCUT2D eigenvalue weighted by Crippen LogP contribution is 2.26. The van der Waals surface area contributed by atoms with Crippen LogP contribution in [0.25, 0.3) is 0 Å². The summed E-state index contributed by atoms with van der Waals surface area (Å²) in [5.41, 5.74) is -2.69. The zero-order chi connectivity index (χ0) is 16.9. The summed E-state index contributed by atoms with van der Waals surface area (Å²) in [5, 5.41) is 3.69. The van der Waals surface area contributed by atoms with E-state index >= 15 is 0 Å². The van der Waals surface area contributed by atoms with Gasteiger partial charge in [-0.05, 0) is 13.0 Å². The molecule has 0 fully saturated rings. The van der Waals surface area contributed by atoms with Crippen LogP contribution in [0, 0.1) is 6.92 Å². The van der Waals surface area contributed by atoms with Crippen LogP contribution in [0.2, 0.25) is 0 Å². The standard InChI is InChI=1S/C14H16F3N3O2/c1-4-6-19(7-5-2)12(21)9-20-13(22)11(14(15,16)17)8-10(3)18-20/h4-5,8H,1-2,6-7,9H2,3H3. The number of halogens is 3. The van der Waals surface area contributed by atoms with Crippen molar-refractivity contribution in [3.05, 3.63) is 53.0 Å². The van der Waals surface area contributed by atoms with Crippen molar-refractivity contribution in [3.8, 4) is 0 Å². The van der Waals surface area contributed by atoms with E-state index in [0.29, 0.717) is 10.7 Å². The third-order valence-corrected chi connectivity index (χ3v) is 2.74. The van der Waals surface area contributed by atoms with Crippen LogP contribution in [0.3, 0.4) is 0 Å². The summed E-state index contributed by atoms with van der Waals surface area (Å²) in [6, 6.07) is 0.661. The van der Waals surface area contributed by atoms with Gasteiger partial charge in [-0.15, -0.1) is 13.2 Å². The highest BCUT2D eigenvalue weighted by molar-refractivity contribution is 5.76. The molecule has 1 rings (SSSR count). The van der Waals surface area contributed by atoms with E-state index < -0.39 is 29.8 Å². The molecule has 120 valence electrons. The quantitative estimate of drug-likeness (QED) is 0.752. The number of alkyl halides is 3. The van der Waals surface area contributed by atoms with Gasteiger partial charge in [0, 0.05) is 13.1 Å². The first-order chi connectivity index (χ1) is 10.2. The fourth-order valence-corrected chi connectivity index (χ4v) is 1.80. The van der Waals surface area contributed by atoms with Crippen LogP contribution in [0.4, 0.5) is 13.2 Å². The monoisotopic (exact) mass is 315 g/mol. The van der Waals surface area contributed by atoms with Crippen LogP contribution in [-0.4, -0.2) is 33.7 Å². The van der Waals surface area contributed by atoms with E-state index in [1.165, 1.54) is 24.0 Å². The molecule has 22 heavy (non-hydrogen) atoms. The number of amides is 1. The summed E-state index contributed by atoms with van der Waals surface area (Å²) in [7, 11) is 0. The van der Waals surface area contributed by atoms with Crippen molar-refractivity contribution in [3.63, 3.8) is 0 Å². The molecule has 0 radical (unpaired) electrons. The Morgan fingerprint density at radius 3 is 2.36 bits per heavy atom. The van der Waals surface area contributed by atoms with Crippen molar-refractivity contribution in [2.24, 2.45) is 0 Å². The van der Waals surface area contributed by atoms with Gasteiger partial charge >= 0.3 is 6.18 Å². The molecule has 0 spiro atoms. The summed E-state index contributed by atoms with van der Waals surface area (Å²) >= 11 is 0. The van der Waals surface area contributed by atoms with Gasteiger partial charge in [0.2, 0.25) is 5.91 Å². The summed E-state index contributed by atoms with van der Waals surface area (Å²) in [5.74, 6) is -0.548. The van der Waals surface area contributed by atoms with Crippen molar-refractivity contribution in [2.45, 2.75) is 19.6 Å². The lowest BCUT2D eigenvalue weighted by Gasteiger charge is -2.20. The van der Waals surface area contributed by atoms with Gasteiger partial charge in [-0.1, -0.05) is 12.2 Å². The number of aromatic nitrogens is 2. The number of nitrogens with zero attached hydrogens (tertiary/aromatic N) is 3. The molecule has 0 unspecified atom stereocenters. The Morgan fingerprint density at radius 1 is 1.36 bits per heavy atom. The molecule has 0 bridgehead atoms. The molecule has 0 atom stereocenters. The average Bonchev–Trinajstić information content (AvgIpc) is 2.41. The van der Waals surface area contributed by atoms with Crippen LogP contribution in [0.5, 0.6) is 0 Å². The van der Waals surface area contributed by atoms with Gasteiger partial charge in [-0.3, -0.25) is 9.59 Å². The molecule has 0 saturated carbocycles. The number of carbonyl (C=O) groups is 1. The third kappa shape index (κ3) is 4.31. The molecule has 0 N–H and O–H groups in total. The lowest BCUT2D eigenvalue weighted by atomic mass is 10.2. The number of hydrogen-bond donors (Lipinski definition) is 0. The van der Waals surface area contributed by atoms with Gasteiger partial charge in [0.1, 0.15) is 12.1 Å². The minimum Gasteiger partial charge on any atom is -0.334 e. The molecule has 1 amide bonds. The number of aryl methyl sites for hydroxylation is 1. The van der Waals surface area contributed by atoms with Crippen LogP contribution in [0.15, 0.2) is 36.2 Å². The van der Waals surface area contributed by atoms with E-state index in [4.69, 9.17) is 0 Å². The van der Waals surface area contributed by atoms with Crippen LogP contribution in [-0.2, 0) is 17.5 Å². The predicted molar refractivity (Wildman–Crippen MR) is 75.2 cm³/mol. The van der Waals surface area contributed by atoms with Gasteiger partial charge in [-0.25, -0.2) is 4.68 Å². The Morgan fingerprint density at radius 2 is 1.91 bits per heavy atom. The van der Waals surface area contributed by atoms with E-state index in [2.05, 4.69) is 18.3 Å². The predicted octanol–water partition coefficient (Wildman–Crippen LogP) is 1.77. The Balaban J connectivity index is 3.15. The maximum Gasteiger partial charge on any atom is 0.421 e. The summed E-state index contributed by atoms with van der Waals surface area (Å²) in [4.78, 5) is 25.2. The Labute approximate surface area is 125 Å². The minimum atomic E-state index is -4.79. The van der Waals surface area contributed by atoms with E-state index in [1.54, 1.807) is 0 Å². The molecule has 1 heterocycles. The lowest BCUT2D eigenvalue weighted by molar-refractivity contribution is -0.140. The largest absolute Gasteiger partial charge is 0.421 e. The number of hydrogen-bond acceptors (Lipinski definition) is 3. The number of rotatable bonds is 6. The molecule has 0 aliphatic rings. The van der Waals surface area contributed by atoms with Crippen LogP contribution in [0.1, 0.15) is 11.3 Å². The average molecular weight is 315 g/mol. The molecule has 5 nitrogen and oxygen atoms in total. The first kappa shape index (κ1) is 17.7. The summed E-state index contributed by atoms with van der Waals surface area (Å²) in [6.07, 6.45) is -1.86. The second-order valence-electron chi connectivity index (χ2n) is 4.54. The van der Waals surface area contributed by atoms with Crippen LogP contribution >= 0.6 is 0 Å². The van der Waals surface area contributed by atoms with Crippen molar-refractivity contribution >= 4 is 5.91 Å². The smallest absolute Gasteiger partial charge is 0.334 e. The first-order valence-electron chi connectivity index (χ1n) is 6.36. The van der Waals surface area contributed by atoms with Crippen molar-refractivity contribution < 1.29 is 18.0 Å². The zero-order valence-electron chi connectivity index (χ0n) is 12.1. The maximum absolute atomic E-state index is 12.8. The molecular weight excluding hydrogens is 299 g/mol. The fraction of sp³-hybridized carbons (Fsp3) is 0.357. The zero-order valence-corrected chi connectivity index (χ0v) is 12.1. The SMILES string of the molecule is C=CCN(CC=C)C(=O)Cn1nc(C)cc(C(F)(F)F)c1=O. The van der Waals surface area contributed by atoms with Crippen molar-refractivity contribution in [2.75, 3.05) is 13.1 Å². The molecule has 0 aliphatic carbocycles. The van der Waals surface area contributed by atoms with Gasteiger partial charge in [-0.2, -0.15) is 18.3 Å². The molecule has 8 heteroatoms. The first-order valence-corrected chi connectivity index (χ1v) is 6.36. The lowest BCUT2D eigenvalue weighted by Crippen LogP contribution is -2.39. The van der Waals surface area contributed by atoms with Gasteiger partial charge < -0.3 is 4.90 Å². The van der Waals surface area contributed by atoms with Gasteiger partial charge in [0.25, 0.3) is 5.56 Å². The van der Waals surface area contributed by atoms with Gasteiger partial charge in [0.05, 0.1) is 5.69 Å². The highest BCUT2D eigenvalue weighted by atomic mass is 19.4. The van der Waals surface area contributed by atoms with E-state index in [0.717, 1.165) is 0 Å². The second-order valence-corrected chi connectivity index (χ2v) is 4.54. The Hall–Kier alpha value is -2.38. The third-order valence-electron chi connectivity index (χ3n) is 2.74. The molecule has 0 aromatic carbocycles. The molecule has 1 aromatic heterocycles. The van der Waals surface area contributed by atoms with Crippen molar-refractivity contribution in [1.82, 2.24) is 14.7 Å². The van der Waals surface area contributed by atoms with E-state index in [1.807, 2.05) is 0 Å². The summed E-state index contributed by atoms with van der Waals surface area (Å²) < 4.78 is 38.9. The normalized spacial score (nSPS) is 11.1.